The fraction of sp³-hybridized carbons (Fsp3) is 0.200. The lowest BCUT2D eigenvalue weighted by Gasteiger charge is -2.16. The Morgan fingerprint density at radius 2 is 1.87 bits per heavy atom. The third-order valence-electron chi connectivity index (χ3n) is 4.48. The first kappa shape index (κ1) is 21.2. The lowest BCUT2D eigenvalue weighted by atomic mass is 10.2. The lowest BCUT2D eigenvalue weighted by Crippen LogP contribution is -2.32. The number of rotatable bonds is 7. The number of nitrogens with zero attached hydrogens (tertiary/aromatic N) is 4. The van der Waals surface area contributed by atoms with E-state index >= 15 is 0 Å². The molecule has 0 atom stereocenters. The number of nitrogens with one attached hydrogen (secondary N) is 1. The number of pyridine rings is 1. The van der Waals surface area contributed by atoms with Gasteiger partial charge in [0.2, 0.25) is 10.0 Å². The van der Waals surface area contributed by atoms with Crippen LogP contribution in [0.2, 0.25) is 0 Å². The van der Waals surface area contributed by atoms with Crippen LogP contribution in [-0.2, 0) is 27.0 Å². The molecule has 0 radical (unpaired) electrons. The van der Waals surface area contributed by atoms with Gasteiger partial charge in [0, 0.05) is 5.69 Å². The Kier molecular flexibility index (Phi) is 5.97. The molecule has 1 aromatic carbocycles. The number of carbonyl (C=O) groups excluding carboxylic acids is 1. The minimum atomic E-state index is -3.82. The summed E-state index contributed by atoms with van der Waals surface area (Å²) in [5.41, 5.74) is 1.44. The fourth-order valence-electron chi connectivity index (χ4n) is 2.99. The van der Waals surface area contributed by atoms with E-state index in [2.05, 4.69) is 21.4 Å². The number of aryl methyl sites for hydroxylation is 2. The normalized spacial score (nSPS) is 11.3. The molecule has 1 amide bonds. The molecule has 9 nitrogen and oxygen atoms in total. The number of carbonyl (C=O) groups is 1. The molecule has 0 bridgehead atoms. The van der Waals surface area contributed by atoms with E-state index in [1.807, 2.05) is 0 Å². The van der Waals surface area contributed by atoms with Crippen LogP contribution >= 0.6 is 0 Å². The number of amides is 1. The van der Waals surface area contributed by atoms with Crippen LogP contribution < -0.4 is 10.3 Å². The molecule has 0 saturated carbocycles. The van der Waals surface area contributed by atoms with Gasteiger partial charge in [0.15, 0.2) is 0 Å². The Bertz CT molecular complexity index is 1260. The van der Waals surface area contributed by atoms with Gasteiger partial charge in [-0.05, 0) is 38.3 Å². The van der Waals surface area contributed by atoms with Crippen molar-refractivity contribution in [3.8, 4) is 0 Å². The Hall–Kier alpha value is -3.53. The summed E-state index contributed by atoms with van der Waals surface area (Å²) >= 11 is 0. The molecule has 0 saturated heterocycles. The second kappa shape index (κ2) is 8.46. The van der Waals surface area contributed by atoms with Gasteiger partial charge >= 0.3 is 0 Å². The van der Waals surface area contributed by atoms with Crippen LogP contribution in [-0.4, -0.2) is 35.4 Å². The molecule has 0 aliphatic heterocycles. The predicted octanol–water partition coefficient (Wildman–Crippen LogP) is 1.68. The molecule has 30 heavy (non-hydrogen) atoms. The van der Waals surface area contributed by atoms with Crippen LogP contribution in [0.5, 0.6) is 0 Å². The first-order chi connectivity index (χ1) is 14.2. The van der Waals surface area contributed by atoms with Gasteiger partial charge in [-0.2, -0.15) is 0 Å². The molecule has 1 N–H and O–H groups in total. The number of hydrogen-bond acceptors (Lipinski definition) is 5. The molecule has 156 valence electrons. The first-order valence-corrected chi connectivity index (χ1v) is 10.7. The quantitative estimate of drug-likeness (QED) is 0.576. The molecular weight excluding hydrogens is 406 g/mol. The highest BCUT2D eigenvalue weighted by molar-refractivity contribution is 7.91. The van der Waals surface area contributed by atoms with Crippen LogP contribution in [0.3, 0.4) is 0 Å². The van der Waals surface area contributed by atoms with Crippen molar-refractivity contribution in [2.45, 2.75) is 26.0 Å². The SMILES string of the molecule is C=NC(=O)Cc1c(C)ncn1-n1c(C)ccc(NS(=O)(=O)Cc2ccccc2)c1=O. The molecule has 0 spiro atoms. The molecule has 2 aromatic heterocycles. The van der Waals surface area contributed by atoms with Crippen LogP contribution in [0, 0.1) is 13.8 Å². The van der Waals surface area contributed by atoms with E-state index in [0.717, 1.165) is 0 Å². The van der Waals surface area contributed by atoms with E-state index in [-0.39, 0.29) is 17.9 Å². The Labute approximate surface area is 173 Å². The second-order valence-corrected chi connectivity index (χ2v) is 8.42. The van der Waals surface area contributed by atoms with Crippen molar-refractivity contribution < 1.29 is 13.2 Å². The van der Waals surface area contributed by atoms with Gasteiger partial charge in [0.25, 0.3) is 11.5 Å². The number of anilines is 1. The van der Waals surface area contributed by atoms with Crippen molar-refractivity contribution >= 4 is 28.3 Å². The standard InChI is InChI=1S/C20H21N5O4S/c1-14-9-10-17(23-30(28,29)12-16-7-5-4-6-8-16)20(27)25(14)24-13-22-15(2)18(24)11-19(26)21-3/h4-10,13,23H,3,11-12H2,1-2H3. The highest BCUT2D eigenvalue weighted by Crippen LogP contribution is 2.13. The minimum Gasteiger partial charge on any atom is -0.278 e. The van der Waals surface area contributed by atoms with E-state index in [1.54, 1.807) is 50.2 Å². The number of sulfonamides is 1. The summed E-state index contributed by atoms with van der Waals surface area (Å²) in [4.78, 5) is 32.4. The summed E-state index contributed by atoms with van der Waals surface area (Å²) < 4.78 is 30.2. The predicted molar refractivity (Wildman–Crippen MR) is 114 cm³/mol. The van der Waals surface area contributed by atoms with Crippen LogP contribution in [0.4, 0.5) is 5.69 Å². The number of aliphatic imine (C=N–C) groups is 1. The van der Waals surface area contributed by atoms with E-state index in [0.29, 0.717) is 22.6 Å². The van der Waals surface area contributed by atoms with Crippen molar-refractivity contribution in [1.29, 1.82) is 0 Å². The van der Waals surface area contributed by atoms with Gasteiger partial charge in [-0.1, -0.05) is 30.3 Å². The molecular formula is C20H21N5O4S. The number of aromatic nitrogens is 3. The highest BCUT2D eigenvalue weighted by Gasteiger charge is 2.19. The molecule has 0 aliphatic carbocycles. The maximum atomic E-state index is 13.1. The molecule has 0 fully saturated rings. The third kappa shape index (κ3) is 4.54. The maximum Gasteiger partial charge on any atom is 0.294 e. The van der Waals surface area contributed by atoms with E-state index in [9.17, 15) is 18.0 Å². The van der Waals surface area contributed by atoms with Crippen molar-refractivity contribution in [2.75, 3.05) is 4.72 Å². The summed E-state index contributed by atoms with van der Waals surface area (Å²) in [6.07, 6.45) is 1.31. The van der Waals surface area contributed by atoms with Gasteiger partial charge in [0.05, 0.1) is 23.6 Å². The van der Waals surface area contributed by atoms with Crippen molar-refractivity contribution in [3.05, 3.63) is 81.8 Å². The molecule has 10 heteroatoms. The number of hydrogen-bond donors (Lipinski definition) is 1. The molecule has 0 unspecified atom stereocenters. The van der Waals surface area contributed by atoms with E-state index in [1.165, 1.54) is 21.7 Å². The Morgan fingerprint density at radius 1 is 1.17 bits per heavy atom. The Balaban J connectivity index is 2.01. The molecule has 3 aromatic rings. The highest BCUT2D eigenvalue weighted by atomic mass is 32.2. The summed E-state index contributed by atoms with van der Waals surface area (Å²) in [5.74, 6) is -0.735. The largest absolute Gasteiger partial charge is 0.294 e. The van der Waals surface area contributed by atoms with E-state index < -0.39 is 21.5 Å². The van der Waals surface area contributed by atoms with Crippen LogP contribution in [0.15, 0.2) is 58.6 Å². The average molecular weight is 427 g/mol. The van der Waals surface area contributed by atoms with Gasteiger partial charge in [-0.25, -0.2) is 27.7 Å². The number of imidazole rings is 1. The molecule has 3 rings (SSSR count). The van der Waals surface area contributed by atoms with Gasteiger partial charge in [-0.3, -0.25) is 14.3 Å². The van der Waals surface area contributed by atoms with E-state index in [4.69, 9.17) is 0 Å². The first-order valence-electron chi connectivity index (χ1n) is 9.02. The zero-order chi connectivity index (χ0) is 21.9. The van der Waals surface area contributed by atoms with Crippen molar-refractivity contribution in [2.24, 2.45) is 4.99 Å². The summed E-state index contributed by atoms with van der Waals surface area (Å²) in [6, 6.07) is 11.7. The van der Waals surface area contributed by atoms with Crippen molar-refractivity contribution in [3.63, 3.8) is 0 Å². The van der Waals surface area contributed by atoms with Crippen LogP contribution in [0.25, 0.3) is 0 Å². The van der Waals surface area contributed by atoms with Crippen LogP contribution in [0.1, 0.15) is 22.6 Å². The topological polar surface area (TPSA) is 115 Å². The summed E-state index contributed by atoms with van der Waals surface area (Å²) in [6.45, 7) is 6.62. The van der Waals surface area contributed by atoms with Crippen molar-refractivity contribution in [1.82, 2.24) is 14.3 Å². The molecule has 2 heterocycles. The smallest absolute Gasteiger partial charge is 0.278 e. The third-order valence-corrected chi connectivity index (χ3v) is 5.72. The second-order valence-electron chi connectivity index (χ2n) is 6.70. The van der Waals surface area contributed by atoms with Gasteiger partial charge in [0.1, 0.15) is 12.0 Å². The molecule has 0 aliphatic rings. The minimum absolute atomic E-state index is 0.0921. The average Bonchev–Trinajstić information content (AvgIpc) is 3.05. The Morgan fingerprint density at radius 3 is 2.53 bits per heavy atom. The monoisotopic (exact) mass is 427 g/mol. The lowest BCUT2D eigenvalue weighted by molar-refractivity contribution is -0.117. The number of benzene rings is 1. The summed E-state index contributed by atoms with van der Waals surface area (Å²) in [5, 5.41) is 0. The van der Waals surface area contributed by atoms with Gasteiger partial charge in [-0.15, -0.1) is 0 Å². The zero-order valence-electron chi connectivity index (χ0n) is 16.6. The fourth-order valence-corrected chi connectivity index (χ4v) is 4.19. The zero-order valence-corrected chi connectivity index (χ0v) is 17.4. The summed E-state index contributed by atoms with van der Waals surface area (Å²) in [7, 11) is -3.82. The maximum absolute atomic E-state index is 13.1. The van der Waals surface area contributed by atoms with Gasteiger partial charge < -0.3 is 0 Å².